The lowest BCUT2D eigenvalue weighted by Gasteiger charge is -2.09. The fraction of sp³-hybridized carbons (Fsp3) is 0.333. The van der Waals surface area contributed by atoms with Crippen LogP contribution in [-0.2, 0) is 6.54 Å². The number of pyridine rings is 1. The van der Waals surface area contributed by atoms with Crippen LogP contribution in [0.1, 0.15) is 19.4 Å². The second-order valence-electron chi connectivity index (χ2n) is 4.18. The van der Waals surface area contributed by atoms with Crippen LogP contribution in [-0.4, -0.2) is 21.7 Å². The Morgan fingerprint density at radius 1 is 1.47 bits per heavy atom. The van der Waals surface area contributed by atoms with Crippen LogP contribution < -0.4 is 10.6 Å². The summed E-state index contributed by atoms with van der Waals surface area (Å²) < 4.78 is 1.79. The second-order valence-corrected chi connectivity index (χ2v) is 4.18. The number of hydrogen-bond donors (Lipinski definition) is 2. The van der Waals surface area contributed by atoms with Crippen molar-refractivity contribution < 1.29 is 4.79 Å². The van der Waals surface area contributed by atoms with Crippen LogP contribution in [0, 0.1) is 0 Å². The lowest BCUT2D eigenvalue weighted by molar-refractivity contribution is 0.238. The van der Waals surface area contributed by atoms with E-state index in [1.165, 1.54) is 0 Å². The molecule has 0 radical (unpaired) electrons. The van der Waals surface area contributed by atoms with Gasteiger partial charge in [-0.15, -0.1) is 0 Å². The molecule has 2 rings (SSSR count). The highest BCUT2D eigenvalue weighted by molar-refractivity contribution is 5.74. The Bertz CT molecular complexity index is 518. The molecule has 2 N–H and O–H groups in total. The summed E-state index contributed by atoms with van der Waals surface area (Å²) in [5, 5.41) is 9.78. The number of fused-ring (bicyclic) bond motifs is 1. The summed E-state index contributed by atoms with van der Waals surface area (Å²) in [6, 6.07) is 5.83. The molecule has 5 heteroatoms. The molecule has 0 saturated heterocycles. The molecule has 0 bridgehead atoms. The summed E-state index contributed by atoms with van der Waals surface area (Å²) in [6.45, 7) is 4.33. The Morgan fingerprint density at radius 3 is 3.06 bits per heavy atom. The Morgan fingerprint density at radius 2 is 2.29 bits per heavy atom. The number of hydrogen-bond acceptors (Lipinski definition) is 2. The summed E-state index contributed by atoms with van der Waals surface area (Å²) in [7, 11) is 0. The molecule has 0 aromatic carbocycles. The Hall–Kier alpha value is -2.04. The third-order valence-corrected chi connectivity index (χ3v) is 2.37. The topological polar surface area (TPSA) is 58.4 Å². The molecule has 2 aromatic rings. The summed E-state index contributed by atoms with van der Waals surface area (Å²) in [4.78, 5) is 11.4. The number of nitrogens with zero attached hydrogens (tertiary/aromatic N) is 2. The fourth-order valence-corrected chi connectivity index (χ4v) is 1.61. The van der Waals surface area contributed by atoms with Crippen LogP contribution in [0.3, 0.4) is 0 Å². The largest absolute Gasteiger partial charge is 0.336 e. The van der Waals surface area contributed by atoms with Crippen LogP contribution in [0.5, 0.6) is 0 Å². The van der Waals surface area contributed by atoms with Gasteiger partial charge in [-0.2, -0.15) is 5.10 Å². The molecule has 2 aromatic heterocycles. The average molecular weight is 232 g/mol. The fourth-order valence-electron chi connectivity index (χ4n) is 1.61. The zero-order valence-corrected chi connectivity index (χ0v) is 9.97. The van der Waals surface area contributed by atoms with Crippen LogP contribution in [0.15, 0.2) is 30.6 Å². The molecule has 0 aliphatic rings. The first-order valence-electron chi connectivity index (χ1n) is 5.62. The van der Waals surface area contributed by atoms with Crippen molar-refractivity contribution in [3.8, 4) is 0 Å². The third-order valence-electron chi connectivity index (χ3n) is 2.37. The molecule has 2 amide bonds. The highest BCUT2D eigenvalue weighted by Crippen LogP contribution is 2.08. The molecule has 0 spiro atoms. The van der Waals surface area contributed by atoms with Crippen molar-refractivity contribution in [2.75, 3.05) is 0 Å². The van der Waals surface area contributed by atoms with Gasteiger partial charge in [-0.25, -0.2) is 9.31 Å². The van der Waals surface area contributed by atoms with E-state index in [9.17, 15) is 4.79 Å². The SMILES string of the molecule is CC(C)NC(=O)NCc1cnn2ccccc12. The maximum Gasteiger partial charge on any atom is 0.315 e. The van der Waals surface area contributed by atoms with Crippen molar-refractivity contribution in [3.63, 3.8) is 0 Å². The number of rotatable bonds is 3. The minimum Gasteiger partial charge on any atom is -0.336 e. The molecule has 17 heavy (non-hydrogen) atoms. The van der Waals surface area contributed by atoms with E-state index in [0.717, 1.165) is 11.1 Å². The van der Waals surface area contributed by atoms with Crippen LogP contribution in [0.25, 0.3) is 5.52 Å². The lowest BCUT2D eigenvalue weighted by atomic mass is 10.2. The minimum atomic E-state index is -0.157. The van der Waals surface area contributed by atoms with Gasteiger partial charge in [-0.1, -0.05) is 6.07 Å². The quantitative estimate of drug-likeness (QED) is 0.843. The van der Waals surface area contributed by atoms with E-state index in [2.05, 4.69) is 15.7 Å². The first-order valence-corrected chi connectivity index (χ1v) is 5.62. The van der Waals surface area contributed by atoms with E-state index in [1.54, 1.807) is 10.7 Å². The molecular formula is C12H16N4O. The van der Waals surface area contributed by atoms with Gasteiger partial charge < -0.3 is 10.6 Å². The lowest BCUT2D eigenvalue weighted by Crippen LogP contribution is -2.38. The van der Waals surface area contributed by atoms with Gasteiger partial charge in [0.25, 0.3) is 0 Å². The maximum atomic E-state index is 11.4. The van der Waals surface area contributed by atoms with Crippen LogP contribution in [0.4, 0.5) is 4.79 Å². The van der Waals surface area contributed by atoms with E-state index in [4.69, 9.17) is 0 Å². The molecule has 0 unspecified atom stereocenters. The van der Waals surface area contributed by atoms with Crippen LogP contribution in [0.2, 0.25) is 0 Å². The van der Waals surface area contributed by atoms with Crippen molar-refractivity contribution in [1.29, 1.82) is 0 Å². The molecule has 0 saturated carbocycles. The number of urea groups is 1. The van der Waals surface area contributed by atoms with E-state index < -0.39 is 0 Å². The second kappa shape index (κ2) is 4.86. The number of carbonyl (C=O) groups is 1. The van der Waals surface area contributed by atoms with Crippen molar-refractivity contribution in [2.45, 2.75) is 26.4 Å². The Kier molecular flexibility index (Phi) is 3.27. The average Bonchev–Trinajstić information content (AvgIpc) is 2.69. The normalized spacial score (nSPS) is 10.8. The molecule has 5 nitrogen and oxygen atoms in total. The molecule has 90 valence electrons. The number of nitrogens with one attached hydrogen (secondary N) is 2. The zero-order valence-electron chi connectivity index (χ0n) is 9.97. The first-order chi connectivity index (χ1) is 8.16. The minimum absolute atomic E-state index is 0.138. The zero-order chi connectivity index (χ0) is 12.3. The Labute approximate surface area is 99.8 Å². The summed E-state index contributed by atoms with van der Waals surface area (Å²) in [5.74, 6) is 0. The summed E-state index contributed by atoms with van der Waals surface area (Å²) >= 11 is 0. The Balaban J connectivity index is 2.02. The van der Waals surface area contributed by atoms with E-state index in [1.807, 2.05) is 38.2 Å². The van der Waals surface area contributed by atoms with Gasteiger partial charge >= 0.3 is 6.03 Å². The number of carbonyl (C=O) groups excluding carboxylic acids is 1. The van der Waals surface area contributed by atoms with E-state index in [-0.39, 0.29) is 12.1 Å². The van der Waals surface area contributed by atoms with Crippen molar-refractivity contribution in [1.82, 2.24) is 20.2 Å². The number of aromatic nitrogens is 2. The highest BCUT2D eigenvalue weighted by atomic mass is 16.2. The van der Waals surface area contributed by atoms with Gasteiger partial charge in [0.2, 0.25) is 0 Å². The van der Waals surface area contributed by atoms with Crippen molar-refractivity contribution in [2.24, 2.45) is 0 Å². The van der Waals surface area contributed by atoms with E-state index in [0.29, 0.717) is 6.54 Å². The van der Waals surface area contributed by atoms with Crippen LogP contribution >= 0.6 is 0 Å². The monoisotopic (exact) mass is 232 g/mol. The van der Waals surface area contributed by atoms with Gasteiger partial charge in [0, 0.05) is 24.3 Å². The summed E-state index contributed by atoms with van der Waals surface area (Å²) in [5.41, 5.74) is 2.02. The number of amides is 2. The molecule has 2 heterocycles. The summed E-state index contributed by atoms with van der Waals surface area (Å²) in [6.07, 6.45) is 3.65. The highest BCUT2D eigenvalue weighted by Gasteiger charge is 2.05. The molecule has 0 fully saturated rings. The predicted molar refractivity (Wildman–Crippen MR) is 65.7 cm³/mol. The van der Waals surface area contributed by atoms with E-state index >= 15 is 0 Å². The maximum absolute atomic E-state index is 11.4. The standard InChI is InChI=1S/C12H16N4O/c1-9(2)15-12(17)13-7-10-8-14-16-6-4-3-5-11(10)16/h3-6,8-9H,7H2,1-2H3,(H2,13,15,17). The molecule has 0 atom stereocenters. The third kappa shape index (κ3) is 2.75. The van der Waals surface area contributed by atoms with Gasteiger partial charge in [0.05, 0.1) is 11.7 Å². The van der Waals surface area contributed by atoms with Crippen molar-refractivity contribution in [3.05, 3.63) is 36.2 Å². The van der Waals surface area contributed by atoms with Gasteiger partial charge in [-0.05, 0) is 26.0 Å². The molecular weight excluding hydrogens is 216 g/mol. The first kappa shape index (κ1) is 11.4. The van der Waals surface area contributed by atoms with Gasteiger partial charge in [-0.3, -0.25) is 0 Å². The smallest absolute Gasteiger partial charge is 0.315 e. The van der Waals surface area contributed by atoms with Gasteiger partial charge in [0.15, 0.2) is 0 Å². The molecule has 0 aliphatic heterocycles. The molecule has 0 aliphatic carbocycles. The van der Waals surface area contributed by atoms with Gasteiger partial charge in [0.1, 0.15) is 0 Å². The van der Waals surface area contributed by atoms with Crippen molar-refractivity contribution >= 4 is 11.5 Å². The predicted octanol–water partition coefficient (Wildman–Crippen LogP) is 1.54.